The number of hydrogen-bond acceptors (Lipinski definition) is 8. The van der Waals surface area contributed by atoms with Gasteiger partial charge in [0.05, 0.1) is 12.7 Å². The maximum absolute atomic E-state index is 13.0. The highest BCUT2D eigenvalue weighted by molar-refractivity contribution is 5.99. The van der Waals surface area contributed by atoms with E-state index < -0.39 is 49.3 Å². The van der Waals surface area contributed by atoms with Crippen LogP contribution in [0.25, 0.3) is 11.1 Å². The van der Waals surface area contributed by atoms with Gasteiger partial charge in [0.2, 0.25) is 12.2 Å². The van der Waals surface area contributed by atoms with E-state index in [-0.39, 0.29) is 16.9 Å². The number of nitrogens with two attached hydrogens (primary N) is 1. The molecule has 3 rings (SSSR count). The molecule has 0 aliphatic carbocycles. The monoisotopic (exact) mass is 435 g/mol. The third kappa shape index (κ3) is 4.83. The molecular formula is C21H22FNO8. The van der Waals surface area contributed by atoms with E-state index in [4.69, 9.17) is 19.9 Å². The number of amides is 1. The third-order valence-corrected chi connectivity index (χ3v) is 4.90. The van der Waals surface area contributed by atoms with Gasteiger partial charge in [-0.2, -0.15) is 0 Å². The number of aliphatic hydroxyl groups excluding tert-OH is 3. The number of carbonyl (C=O) groups is 2. The fraction of sp³-hybridized carbons (Fsp3) is 0.333. The van der Waals surface area contributed by atoms with Gasteiger partial charge < -0.3 is 35.3 Å². The number of alkyl halides is 1. The molecule has 0 saturated carbocycles. The van der Waals surface area contributed by atoms with Crippen LogP contribution in [0, 0.1) is 0 Å². The van der Waals surface area contributed by atoms with Crippen molar-refractivity contribution in [1.82, 2.24) is 0 Å². The number of esters is 1. The van der Waals surface area contributed by atoms with Crippen molar-refractivity contribution in [2.24, 2.45) is 5.73 Å². The first-order valence-electron chi connectivity index (χ1n) is 9.31. The van der Waals surface area contributed by atoms with Crippen LogP contribution < -0.4 is 10.5 Å². The number of methoxy groups -OCH3 is 1. The van der Waals surface area contributed by atoms with Crippen molar-refractivity contribution < 1.29 is 43.5 Å². The van der Waals surface area contributed by atoms with E-state index in [0.29, 0.717) is 11.1 Å². The first-order valence-corrected chi connectivity index (χ1v) is 9.31. The van der Waals surface area contributed by atoms with Crippen LogP contribution in [0.4, 0.5) is 4.39 Å². The van der Waals surface area contributed by atoms with Crippen molar-refractivity contribution in [2.75, 3.05) is 13.8 Å². The van der Waals surface area contributed by atoms with Crippen LogP contribution in [-0.4, -0.2) is 71.7 Å². The average Bonchev–Trinajstić information content (AvgIpc) is 2.78. The van der Waals surface area contributed by atoms with E-state index in [1.807, 2.05) is 0 Å². The van der Waals surface area contributed by atoms with Gasteiger partial charge in [0, 0.05) is 5.56 Å². The first kappa shape index (κ1) is 22.6. The molecular weight excluding hydrogens is 413 g/mol. The fourth-order valence-electron chi connectivity index (χ4n) is 3.17. The van der Waals surface area contributed by atoms with Crippen molar-refractivity contribution in [3.63, 3.8) is 0 Å². The summed E-state index contributed by atoms with van der Waals surface area (Å²) < 4.78 is 28.4. The quantitative estimate of drug-likeness (QED) is 0.477. The Balaban J connectivity index is 1.83. The highest BCUT2D eigenvalue weighted by Crippen LogP contribution is 2.28. The lowest BCUT2D eigenvalue weighted by Crippen LogP contribution is -2.59. The standard InChI is InChI=1S/C21H22FNO8/c1-29-20(28)13-7-11(6-12(8-13)19(23)27)10-2-4-14(5-3-10)30-21-18(26)17(25)16(24)15(9-22)31-21/h2-8,15-18,21,24-26H,9H2,1H3,(H2,23,27)/t15-,16-,17+,18+,21+/m1/s1. The zero-order chi connectivity index (χ0) is 22.7. The fourth-order valence-corrected chi connectivity index (χ4v) is 3.17. The van der Waals surface area contributed by atoms with Crippen LogP contribution in [0.1, 0.15) is 20.7 Å². The SMILES string of the molecule is COC(=O)c1cc(C(N)=O)cc(-c2ccc(O[C@H]3O[C@H](CF)[C@@H](O)[C@H](O)[C@@H]3O)cc2)c1. The Morgan fingerprint density at radius 2 is 1.65 bits per heavy atom. The molecule has 1 aliphatic heterocycles. The lowest BCUT2D eigenvalue weighted by molar-refractivity contribution is -0.274. The maximum Gasteiger partial charge on any atom is 0.337 e. The molecule has 1 heterocycles. The largest absolute Gasteiger partial charge is 0.465 e. The van der Waals surface area contributed by atoms with Crippen LogP contribution in [0.3, 0.4) is 0 Å². The minimum absolute atomic E-state index is 0.127. The highest BCUT2D eigenvalue weighted by atomic mass is 19.1. The van der Waals surface area contributed by atoms with Crippen LogP contribution in [0.2, 0.25) is 0 Å². The summed E-state index contributed by atoms with van der Waals surface area (Å²) >= 11 is 0. The molecule has 5 N–H and O–H groups in total. The Morgan fingerprint density at radius 1 is 1.00 bits per heavy atom. The molecule has 0 unspecified atom stereocenters. The van der Waals surface area contributed by atoms with E-state index >= 15 is 0 Å². The zero-order valence-electron chi connectivity index (χ0n) is 16.5. The Kier molecular flexibility index (Phi) is 6.86. The highest BCUT2D eigenvalue weighted by Gasteiger charge is 2.45. The van der Waals surface area contributed by atoms with Gasteiger partial charge in [0.25, 0.3) is 0 Å². The van der Waals surface area contributed by atoms with Crippen molar-refractivity contribution in [2.45, 2.75) is 30.7 Å². The summed E-state index contributed by atoms with van der Waals surface area (Å²) in [5.41, 5.74) is 6.75. The van der Waals surface area contributed by atoms with Gasteiger partial charge in [0.1, 0.15) is 36.8 Å². The predicted molar refractivity (Wildman–Crippen MR) is 105 cm³/mol. The normalized spacial score (nSPS) is 25.6. The predicted octanol–water partition coefficient (Wildman–Crippen LogP) is 0.395. The number of hydrogen-bond donors (Lipinski definition) is 4. The molecule has 9 nitrogen and oxygen atoms in total. The third-order valence-electron chi connectivity index (χ3n) is 4.90. The van der Waals surface area contributed by atoms with Gasteiger partial charge in [-0.15, -0.1) is 0 Å². The summed E-state index contributed by atoms with van der Waals surface area (Å²) in [6, 6.07) is 10.6. The molecule has 10 heteroatoms. The van der Waals surface area contributed by atoms with E-state index in [0.717, 1.165) is 0 Å². The minimum Gasteiger partial charge on any atom is -0.465 e. The van der Waals surface area contributed by atoms with Gasteiger partial charge in [0.15, 0.2) is 0 Å². The van der Waals surface area contributed by atoms with Crippen LogP contribution in [-0.2, 0) is 9.47 Å². The molecule has 31 heavy (non-hydrogen) atoms. The lowest BCUT2D eigenvalue weighted by atomic mass is 9.99. The number of primary amides is 1. The topological polar surface area (TPSA) is 149 Å². The Morgan fingerprint density at radius 3 is 2.23 bits per heavy atom. The second-order valence-electron chi connectivity index (χ2n) is 6.97. The van der Waals surface area contributed by atoms with Crippen LogP contribution in [0.15, 0.2) is 42.5 Å². The van der Waals surface area contributed by atoms with E-state index in [2.05, 4.69) is 0 Å². The number of benzene rings is 2. The molecule has 5 atom stereocenters. The van der Waals surface area contributed by atoms with Crippen LogP contribution in [0.5, 0.6) is 5.75 Å². The molecule has 1 fully saturated rings. The van der Waals surface area contributed by atoms with Gasteiger partial charge >= 0.3 is 5.97 Å². The van der Waals surface area contributed by atoms with E-state index in [1.165, 1.54) is 37.4 Å². The van der Waals surface area contributed by atoms with Crippen molar-refractivity contribution in [3.8, 4) is 16.9 Å². The maximum atomic E-state index is 13.0. The zero-order valence-corrected chi connectivity index (χ0v) is 16.5. The second kappa shape index (κ2) is 9.40. The minimum atomic E-state index is -1.63. The number of halogens is 1. The molecule has 1 saturated heterocycles. The lowest BCUT2D eigenvalue weighted by Gasteiger charge is -2.39. The van der Waals surface area contributed by atoms with Gasteiger partial charge in [-0.25, -0.2) is 9.18 Å². The van der Waals surface area contributed by atoms with Crippen LogP contribution >= 0.6 is 0 Å². The number of carbonyl (C=O) groups excluding carboxylic acids is 2. The van der Waals surface area contributed by atoms with Gasteiger partial charge in [-0.3, -0.25) is 4.79 Å². The summed E-state index contributed by atoms with van der Waals surface area (Å²) in [5.74, 6) is -1.11. The summed E-state index contributed by atoms with van der Waals surface area (Å²) in [4.78, 5) is 23.5. The smallest absolute Gasteiger partial charge is 0.337 e. The van der Waals surface area contributed by atoms with E-state index in [1.54, 1.807) is 12.1 Å². The van der Waals surface area contributed by atoms with Crippen molar-refractivity contribution in [1.29, 1.82) is 0 Å². The summed E-state index contributed by atoms with van der Waals surface area (Å²) in [5, 5.41) is 29.6. The van der Waals surface area contributed by atoms with Crippen molar-refractivity contribution in [3.05, 3.63) is 53.6 Å². The second-order valence-corrected chi connectivity index (χ2v) is 6.97. The molecule has 166 valence electrons. The first-order chi connectivity index (χ1) is 14.7. The molecule has 0 spiro atoms. The van der Waals surface area contributed by atoms with Gasteiger partial charge in [-0.1, -0.05) is 12.1 Å². The molecule has 1 amide bonds. The molecule has 0 aromatic heterocycles. The van der Waals surface area contributed by atoms with E-state index in [9.17, 15) is 29.3 Å². The van der Waals surface area contributed by atoms with Crippen molar-refractivity contribution >= 4 is 11.9 Å². The molecule has 1 aliphatic rings. The molecule has 0 bridgehead atoms. The number of rotatable bonds is 6. The molecule has 0 radical (unpaired) electrons. The molecule has 2 aromatic carbocycles. The summed E-state index contributed by atoms with van der Waals surface area (Å²) in [6.07, 6.45) is -7.53. The Hall–Kier alpha value is -3.05. The Labute approximate surface area is 176 Å². The summed E-state index contributed by atoms with van der Waals surface area (Å²) in [7, 11) is 1.22. The summed E-state index contributed by atoms with van der Waals surface area (Å²) in [6.45, 7) is -1.07. The Bertz CT molecular complexity index is 949. The molecule has 2 aromatic rings. The number of aliphatic hydroxyl groups is 3. The number of ether oxygens (including phenoxy) is 3. The van der Waals surface area contributed by atoms with Gasteiger partial charge in [-0.05, 0) is 41.5 Å². The average molecular weight is 435 g/mol.